The quantitative estimate of drug-likeness (QED) is 0.402. The Morgan fingerprint density at radius 2 is 1.57 bits per heavy atom. The molecule has 0 fully saturated rings. The van der Waals surface area contributed by atoms with Crippen molar-refractivity contribution in [2.24, 2.45) is 5.92 Å². The average molecular weight is 239 g/mol. The highest BCUT2D eigenvalue weighted by atomic mass is 35.5. The van der Waals surface area contributed by atoms with Gasteiger partial charge in [-0.1, -0.05) is 39.5 Å². The molecule has 3 unspecified atom stereocenters. The van der Waals surface area contributed by atoms with Crippen LogP contribution in [0.4, 0.5) is 0 Å². The van der Waals surface area contributed by atoms with Gasteiger partial charge in [0.05, 0.1) is 0 Å². The van der Waals surface area contributed by atoms with E-state index in [1.54, 1.807) is 0 Å². The van der Waals surface area contributed by atoms with E-state index in [1.807, 2.05) is 6.92 Å². The van der Waals surface area contributed by atoms with Crippen LogP contribution in [0.2, 0.25) is 0 Å². The van der Waals surface area contributed by atoms with Gasteiger partial charge in [-0.05, 0) is 25.7 Å². The average Bonchev–Trinajstić information content (AvgIpc) is 2.14. The molecule has 0 saturated heterocycles. The summed E-state index contributed by atoms with van der Waals surface area (Å²) in [5, 5.41) is 0.241. The highest BCUT2D eigenvalue weighted by Gasteiger charge is 2.12. The predicted molar refractivity (Wildman–Crippen MR) is 67.5 cm³/mol. The topological polar surface area (TPSA) is 0 Å². The Morgan fingerprint density at radius 3 is 2.07 bits per heavy atom. The van der Waals surface area contributed by atoms with E-state index >= 15 is 0 Å². The summed E-state index contributed by atoms with van der Waals surface area (Å²) in [4.78, 5) is 0. The van der Waals surface area contributed by atoms with Gasteiger partial charge in [0.25, 0.3) is 0 Å². The van der Waals surface area contributed by atoms with Crippen LogP contribution in [-0.4, -0.2) is 10.8 Å². The summed E-state index contributed by atoms with van der Waals surface area (Å²) < 4.78 is 0. The van der Waals surface area contributed by atoms with E-state index in [-0.39, 0.29) is 10.8 Å². The number of hydrogen-bond acceptors (Lipinski definition) is 0. The van der Waals surface area contributed by atoms with Crippen LogP contribution in [0.3, 0.4) is 0 Å². The first-order valence-corrected chi connectivity index (χ1v) is 6.73. The first-order valence-electron chi connectivity index (χ1n) is 5.86. The second-order valence-electron chi connectivity index (χ2n) is 4.37. The van der Waals surface area contributed by atoms with Crippen LogP contribution >= 0.6 is 23.2 Å². The molecule has 0 spiro atoms. The number of unbranched alkanes of at least 4 members (excludes halogenated alkanes) is 2. The highest BCUT2D eigenvalue weighted by Crippen LogP contribution is 2.21. The largest absolute Gasteiger partial charge is 0.122 e. The van der Waals surface area contributed by atoms with Crippen molar-refractivity contribution in [3.8, 4) is 0 Å². The molecular weight excluding hydrogens is 215 g/mol. The zero-order valence-electron chi connectivity index (χ0n) is 9.73. The van der Waals surface area contributed by atoms with Crippen LogP contribution in [0.5, 0.6) is 0 Å². The first kappa shape index (κ1) is 14.6. The van der Waals surface area contributed by atoms with Gasteiger partial charge in [0, 0.05) is 10.8 Å². The molecular formula is C12H24Cl2. The smallest absolute Gasteiger partial charge is 0.0497 e. The van der Waals surface area contributed by atoms with E-state index in [2.05, 4.69) is 13.8 Å². The summed E-state index contributed by atoms with van der Waals surface area (Å²) >= 11 is 12.0. The minimum absolute atomic E-state index is 0.0968. The van der Waals surface area contributed by atoms with Crippen LogP contribution in [-0.2, 0) is 0 Å². The van der Waals surface area contributed by atoms with E-state index in [1.165, 1.54) is 32.1 Å². The standard InChI is InChI=1S/C12H24Cl2/c1-4-5-6-7-10(2)8-9-12(14)11(3)13/h10-12H,4-9H2,1-3H3. The van der Waals surface area contributed by atoms with Gasteiger partial charge in [-0.2, -0.15) is 0 Å². The second-order valence-corrected chi connectivity index (χ2v) is 5.62. The van der Waals surface area contributed by atoms with E-state index in [9.17, 15) is 0 Å². The van der Waals surface area contributed by atoms with E-state index in [0.29, 0.717) is 0 Å². The zero-order valence-corrected chi connectivity index (χ0v) is 11.2. The molecule has 0 bridgehead atoms. The Hall–Kier alpha value is 0.580. The summed E-state index contributed by atoms with van der Waals surface area (Å²) in [6.45, 7) is 6.54. The fourth-order valence-corrected chi connectivity index (χ4v) is 1.81. The first-order chi connectivity index (χ1) is 6.57. The maximum Gasteiger partial charge on any atom is 0.0497 e. The lowest BCUT2D eigenvalue weighted by Gasteiger charge is -2.15. The third kappa shape index (κ3) is 7.94. The van der Waals surface area contributed by atoms with E-state index in [0.717, 1.165) is 12.3 Å². The van der Waals surface area contributed by atoms with Gasteiger partial charge in [0.2, 0.25) is 0 Å². The molecule has 0 radical (unpaired) electrons. The van der Waals surface area contributed by atoms with Crippen molar-refractivity contribution < 1.29 is 0 Å². The van der Waals surface area contributed by atoms with Crippen molar-refractivity contribution in [1.82, 2.24) is 0 Å². The maximum atomic E-state index is 6.09. The molecule has 3 atom stereocenters. The number of hydrogen-bond donors (Lipinski definition) is 0. The Kier molecular flexibility index (Phi) is 9.22. The fourth-order valence-electron chi connectivity index (χ4n) is 1.56. The molecule has 0 aromatic carbocycles. The van der Waals surface area contributed by atoms with Crippen molar-refractivity contribution in [3.05, 3.63) is 0 Å². The lowest BCUT2D eigenvalue weighted by atomic mass is 9.97. The Bertz CT molecular complexity index is 123. The molecule has 0 heterocycles. The molecule has 0 N–H and O–H groups in total. The summed E-state index contributed by atoms with van der Waals surface area (Å²) in [7, 11) is 0. The van der Waals surface area contributed by atoms with Crippen molar-refractivity contribution in [1.29, 1.82) is 0 Å². The monoisotopic (exact) mass is 238 g/mol. The van der Waals surface area contributed by atoms with Gasteiger partial charge in [-0.25, -0.2) is 0 Å². The van der Waals surface area contributed by atoms with Crippen LogP contribution in [0, 0.1) is 5.92 Å². The number of alkyl halides is 2. The van der Waals surface area contributed by atoms with Gasteiger partial charge in [-0.3, -0.25) is 0 Å². The van der Waals surface area contributed by atoms with Crippen molar-refractivity contribution in [2.45, 2.75) is 70.1 Å². The van der Waals surface area contributed by atoms with Gasteiger partial charge < -0.3 is 0 Å². The predicted octanol–water partition coefficient (Wildman–Crippen LogP) is 5.22. The summed E-state index contributed by atoms with van der Waals surface area (Å²) in [5.74, 6) is 0.804. The summed E-state index contributed by atoms with van der Waals surface area (Å²) in [6, 6.07) is 0. The lowest BCUT2D eigenvalue weighted by molar-refractivity contribution is 0.445. The summed E-state index contributed by atoms with van der Waals surface area (Å²) in [6.07, 6.45) is 7.65. The van der Waals surface area contributed by atoms with Crippen molar-refractivity contribution in [2.75, 3.05) is 0 Å². The molecule has 0 rings (SSSR count). The highest BCUT2D eigenvalue weighted by molar-refractivity contribution is 6.29. The molecule has 14 heavy (non-hydrogen) atoms. The van der Waals surface area contributed by atoms with Crippen LogP contribution in [0.1, 0.15) is 59.3 Å². The summed E-state index contributed by atoms with van der Waals surface area (Å²) in [5.41, 5.74) is 0. The minimum Gasteiger partial charge on any atom is -0.122 e. The third-order valence-electron chi connectivity index (χ3n) is 2.73. The molecule has 0 aliphatic rings. The van der Waals surface area contributed by atoms with Crippen LogP contribution in [0.25, 0.3) is 0 Å². The van der Waals surface area contributed by atoms with Gasteiger partial charge >= 0.3 is 0 Å². The fraction of sp³-hybridized carbons (Fsp3) is 1.00. The third-order valence-corrected chi connectivity index (χ3v) is 3.76. The normalized spacial score (nSPS) is 17.8. The molecule has 0 nitrogen and oxygen atoms in total. The molecule has 0 aromatic heterocycles. The van der Waals surface area contributed by atoms with Crippen molar-refractivity contribution >= 4 is 23.2 Å². The zero-order chi connectivity index (χ0) is 11.0. The maximum absolute atomic E-state index is 6.09. The Labute approximate surface area is 99.4 Å². The molecule has 0 aliphatic carbocycles. The number of halogens is 2. The molecule has 2 heteroatoms. The van der Waals surface area contributed by atoms with Crippen molar-refractivity contribution in [3.63, 3.8) is 0 Å². The SMILES string of the molecule is CCCCCC(C)CCC(Cl)C(C)Cl. The van der Waals surface area contributed by atoms with Crippen LogP contribution in [0.15, 0.2) is 0 Å². The van der Waals surface area contributed by atoms with Gasteiger partial charge in [-0.15, -0.1) is 23.2 Å². The Morgan fingerprint density at radius 1 is 0.929 bits per heavy atom. The van der Waals surface area contributed by atoms with E-state index in [4.69, 9.17) is 23.2 Å². The van der Waals surface area contributed by atoms with E-state index < -0.39 is 0 Å². The molecule has 0 amide bonds. The molecule has 0 saturated carbocycles. The minimum atomic E-state index is 0.0968. The Balaban J connectivity index is 3.38. The van der Waals surface area contributed by atoms with Gasteiger partial charge in [0.15, 0.2) is 0 Å². The number of rotatable bonds is 8. The van der Waals surface area contributed by atoms with Crippen LogP contribution < -0.4 is 0 Å². The molecule has 86 valence electrons. The molecule has 0 aliphatic heterocycles. The van der Waals surface area contributed by atoms with Gasteiger partial charge in [0.1, 0.15) is 0 Å². The lowest BCUT2D eigenvalue weighted by Crippen LogP contribution is -2.12. The molecule has 0 aromatic rings. The second kappa shape index (κ2) is 8.85.